The maximum Gasteiger partial charge on any atom is 0.339 e. The molecule has 6 nitrogen and oxygen atoms in total. The summed E-state index contributed by atoms with van der Waals surface area (Å²) >= 11 is 3.40. The van der Waals surface area contributed by atoms with Crippen molar-refractivity contribution in [3.63, 3.8) is 0 Å². The summed E-state index contributed by atoms with van der Waals surface area (Å²) in [6.07, 6.45) is 1.51. The summed E-state index contributed by atoms with van der Waals surface area (Å²) in [5.41, 5.74) is 3.83. The third-order valence-corrected chi connectivity index (χ3v) is 3.46. The zero-order valence-corrected chi connectivity index (χ0v) is 14.3. The summed E-state index contributed by atoms with van der Waals surface area (Å²) in [5, 5.41) is 6.57. The Balaban J connectivity index is 2.00. The van der Waals surface area contributed by atoms with E-state index in [0.29, 0.717) is 17.2 Å². The molecular formula is C16H16BrN3O3. The van der Waals surface area contributed by atoms with Crippen LogP contribution in [0.3, 0.4) is 0 Å². The highest BCUT2D eigenvalue weighted by Crippen LogP contribution is 2.35. The molecule has 0 atom stereocenters. The van der Waals surface area contributed by atoms with Crippen molar-refractivity contribution in [2.24, 2.45) is 5.10 Å². The standard InChI is InChI=1S/C16H16BrN3O3/c1-22-14-9-11(8-13(17)15(14)23-2)10-18-20-16(21)19-12-6-4-3-5-7-12/h3-10H,1-2H3,(H2,19,20,21)/b18-10-. The number of ether oxygens (including phenoxy) is 2. The molecule has 0 heterocycles. The fraction of sp³-hybridized carbons (Fsp3) is 0.125. The Morgan fingerprint density at radius 2 is 1.91 bits per heavy atom. The van der Waals surface area contributed by atoms with E-state index in [1.807, 2.05) is 24.3 Å². The van der Waals surface area contributed by atoms with Crippen molar-refractivity contribution in [1.82, 2.24) is 5.43 Å². The fourth-order valence-electron chi connectivity index (χ4n) is 1.86. The number of hydrogen-bond donors (Lipinski definition) is 2. The molecule has 0 fully saturated rings. The largest absolute Gasteiger partial charge is 0.493 e. The van der Waals surface area contributed by atoms with Gasteiger partial charge >= 0.3 is 6.03 Å². The van der Waals surface area contributed by atoms with E-state index in [1.165, 1.54) is 6.21 Å². The zero-order chi connectivity index (χ0) is 16.7. The first-order valence-corrected chi connectivity index (χ1v) is 7.50. The van der Waals surface area contributed by atoms with Gasteiger partial charge in [-0.25, -0.2) is 10.2 Å². The molecule has 2 rings (SSSR count). The van der Waals surface area contributed by atoms with Crippen molar-refractivity contribution in [2.45, 2.75) is 0 Å². The van der Waals surface area contributed by atoms with Crippen molar-refractivity contribution >= 4 is 33.9 Å². The number of urea groups is 1. The second kappa shape index (κ2) is 8.19. The van der Waals surface area contributed by atoms with Crippen molar-refractivity contribution in [3.8, 4) is 11.5 Å². The van der Waals surface area contributed by atoms with Crippen LogP contribution in [0, 0.1) is 0 Å². The van der Waals surface area contributed by atoms with Crippen molar-refractivity contribution < 1.29 is 14.3 Å². The van der Waals surface area contributed by atoms with Crippen LogP contribution in [-0.2, 0) is 0 Å². The third kappa shape index (κ3) is 4.72. The van der Waals surface area contributed by atoms with Gasteiger partial charge in [0.2, 0.25) is 0 Å². The van der Waals surface area contributed by atoms with Crippen LogP contribution in [0.1, 0.15) is 5.56 Å². The highest BCUT2D eigenvalue weighted by molar-refractivity contribution is 9.10. The van der Waals surface area contributed by atoms with Crippen molar-refractivity contribution in [3.05, 3.63) is 52.5 Å². The molecule has 0 radical (unpaired) electrons. The van der Waals surface area contributed by atoms with Gasteiger partial charge in [0.1, 0.15) is 0 Å². The first-order valence-electron chi connectivity index (χ1n) is 6.70. The minimum absolute atomic E-state index is 0.424. The summed E-state index contributed by atoms with van der Waals surface area (Å²) in [6, 6.07) is 12.2. The van der Waals surface area contributed by atoms with Crippen LogP contribution < -0.4 is 20.2 Å². The topological polar surface area (TPSA) is 72.0 Å². The van der Waals surface area contributed by atoms with Gasteiger partial charge in [0.15, 0.2) is 11.5 Å². The van der Waals surface area contributed by atoms with Gasteiger partial charge in [-0.2, -0.15) is 5.10 Å². The number of halogens is 1. The highest BCUT2D eigenvalue weighted by atomic mass is 79.9. The molecule has 0 saturated carbocycles. The molecule has 0 bridgehead atoms. The smallest absolute Gasteiger partial charge is 0.339 e. The summed E-state index contributed by atoms with van der Waals surface area (Å²) < 4.78 is 11.2. The fourth-order valence-corrected chi connectivity index (χ4v) is 2.48. The van der Waals surface area contributed by atoms with Gasteiger partial charge < -0.3 is 14.8 Å². The summed E-state index contributed by atoms with van der Waals surface area (Å²) in [5.74, 6) is 1.16. The van der Waals surface area contributed by atoms with Gasteiger partial charge in [-0.3, -0.25) is 0 Å². The molecule has 0 aliphatic rings. The molecule has 0 unspecified atom stereocenters. The Morgan fingerprint density at radius 3 is 2.57 bits per heavy atom. The summed E-state index contributed by atoms with van der Waals surface area (Å²) in [7, 11) is 3.11. The first kappa shape index (κ1) is 16.8. The number of benzene rings is 2. The molecule has 0 saturated heterocycles. The van der Waals surface area contributed by atoms with E-state index in [4.69, 9.17) is 9.47 Å². The van der Waals surface area contributed by atoms with Gasteiger partial charge in [0.05, 0.1) is 24.9 Å². The summed E-state index contributed by atoms with van der Waals surface area (Å²) in [4.78, 5) is 11.7. The number of nitrogens with zero attached hydrogens (tertiary/aromatic N) is 1. The molecule has 23 heavy (non-hydrogen) atoms. The quantitative estimate of drug-likeness (QED) is 0.617. The lowest BCUT2D eigenvalue weighted by Crippen LogP contribution is -2.24. The average Bonchev–Trinajstić information content (AvgIpc) is 2.55. The molecule has 0 aliphatic carbocycles. The minimum atomic E-state index is -0.424. The Morgan fingerprint density at radius 1 is 1.17 bits per heavy atom. The summed E-state index contributed by atoms with van der Waals surface area (Å²) in [6.45, 7) is 0. The van der Waals surface area contributed by atoms with Gasteiger partial charge in [-0.1, -0.05) is 18.2 Å². The molecule has 0 spiro atoms. The highest BCUT2D eigenvalue weighted by Gasteiger charge is 2.09. The van der Waals surface area contributed by atoms with Crippen molar-refractivity contribution in [1.29, 1.82) is 0 Å². The monoisotopic (exact) mass is 377 g/mol. The number of carbonyl (C=O) groups excluding carboxylic acids is 1. The number of hydrazone groups is 1. The number of amides is 2. The maximum absolute atomic E-state index is 11.7. The molecule has 0 aliphatic heterocycles. The Hall–Kier alpha value is -2.54. The van der Waals surface area contributed by atoms with E-state index in [2.05, 4.69) is 31.8 Å². The molecule has 2 aromatic carbocycles. The number of anilines is 1. The number of rotatable bonds is 5. The second-order valence-corrected chi connectivity index (χ2v) is 5.28. The number of hydrogen-bond acceptors (Lipinski definition) is 4. The van der Waals surface area contributed by atoms with Crippen LogP contribution in [-0.4, -0.2) is 26.5 Å². The first-order chi connectivity index (χ1) is 11.1. The van der Waals surface area contributed by atoms with Crippen LogP contribution >= 0.6 is 15.9 Å². The van der Waals surface area contributed by atoms with Gasteiger partial charge in [-0.15, -0.1) is 0 Å². The lowest BCUT2D eigenvalue weighted by Gasteiger charge is -2.10. The molecule has 120 valence electrons. The molecular weight excluding hydrogens is 362 g/mol. The molecule has 2 aromatic rings. The average molecular weight is 378 g/mol. The lowest BCUT2D eigenvalue weighted by atomic mass is 10.2. The van der Waals surface area contributed by atoms with Gasteiger partial charge in [0.25, 0.3) is 0 Å². The molecule has 2 N–H and O–H groups in total. The molecule has 2 amide bonds. The Labute approximate surface area is 142 Å². The van der Waals surface area contributed by atoms with Crippen LogP contribution in [0.25, 0.3) is 0 Å². The molecule has 0 aromatic heterocycles. The third-order valence-electron chi connectivity index (χ3n) is 2.87. The lowest BCUT2D eigenvalue weighted by molar-refractivity contribution is 0.252. The molecule has 7 heteroatoms. The predicted octanol–water partition coefficient (Wildman–Crippen LogP) is 3.62. The van der Waals surface area contributed by atoms with Crippen LogP contribution in [0.4, 0.5) is 10.5 Å². The van der Waals surface area contributed by atoms with Crippen LogP contribution in [0.15, 0.2) is 52.0 Å². The number of nitrogens with one attached hydrogen (secondary N) is 2. The van der Waals surface area contributed by atoms with Gasteiger partial charge in [0, 0.05) is 5.69 Å². The predicted molar refractivity (Wildman–Crippen MR) is 93.4 cm³/mol. The van der Waals surface area contributed by atoms with Crippen LogP contribution in [0.2, 0.25) is 0 Å². The van der Waals surface area contributed by atoms with E-state index in [0.717, 1.165) is 10.0 Å². The second-order valence-electron chi connectivity index (χ2n) is 4.43. The maximum atomic E-state index is 11.7. The van der Waals surface area contributed by atoms with E-state index in [9.17, 15) is 4.79 Å². The van der Waals surface area contributed by atoms with E-state index >= 15 is 0 Å². The zero-order valence-electron chi connectivity index (χ0n) is 12.7. The van der Waals surface area contributed by atoms with E-state index < -0.39 is 6.03 Å². The minimum Gasteiger partial charge on any atom is -0.493 e. The normalized spacial score (nSPS) is 10.4. The SMILES string of the molecule is COc1cc(/C=N\NC(=O)Nc2ccccc2)cc(Br)c1OC. The number of carbonyl (C=O) groups is 1. The van der Waals surface area contributed by atoms with Crippen LogP contribution in [0.5, 0.6) is 11.5 Å². The van der Waals surface area contributed by atoms with Crippen molar-refractivity contribution in [2.75, 3.05) is 19.5 Å². The van der Waals surface area contributed by atoms with E-state index in [1.54, 1.807) is 32.4 Å². The number of para-hydroxylation sites is 1. The van der Waals surface area contributed by atoms with Gasteiger partial charge in [-0.05, 0) is 45.8 Å². The Bertz CT molecular complexity index is 705. The Kier molecular flexibility index (Phi) is 5.99. The van der Waals surface area contributed by atoms with E-state index in [-0.39, 0.29) is 0 Å². The number of methoxy groups -OCH3 is 2.